The van der Waals surface area contributed by atoms with E-state index in [9.17, 15) is 4.79 Å². The van der Waals surface area contributed by atoms with Gasteiger partial charge >= 0.3 is 0 Å². The molecule has 3 aromatic rings. The number of benzene rings is 3. The van der Waals surface area contributed by atoms with Crippen molar-refractivity contribution in [2.45, 2.75) is 0 Å². The monoisotopic (exact) mass is 271 g/mol. The van der Waals surface area contributed by atoms with E-state index in [1.807, 2.05) is 42.5 Å². The van der Waals surface area contributed by atoms with Gasteiger partial charge in [0.2, 0.25) is 0 Å². The van der Waals surface area contributed by atoms with Crippen molar-refractivity contribution >= 4 is 33.9 Å². The highest BCUT2D eigenvalue weighted by Gasteiger charge is 2.23. The molecule has 0 saturated carbocycles. The predicted octanol–water partition coefficient (Wildman–Crippen LogP) is 4.16. The fourth-order valence-electron chi connectivity index (χ4n) is 2.98. The molecule has 1 aliphatic rings. The summed E-state index contributed by atoms with van der Waals surface area (Å²) in [5.41, 5.74) is 9.84. The summed E-state index contributed by atoms with van der Waals surface area (Å²) in [7, 11) is 0. The van der Waals surface area contributed by atoms with Crippen molar-refractivity contribution in [2.24, 2.45) is 0 Å². The number of anilines is 1. The van der Waals surface area contributed by atoms with Crippen LogP contribution in [0.5, 0.6) is 0 Å². The van der Waals surface area contributed by atoms with Gasteiger partial charge in [0.25, 0.3) is 0 Å². The van der Waals surface area contributed by atoms with Crippen molar-refractivity contribution in [2.75, 3.05) is 5.73 Å². The molecule has 0 heterocycles. The number of carbonyl (C=O) groups excluding carboxylic acids is 1. The summed E-state index contributed by atoms with van der Waals surface area (Å²) in [6, 6.07) is 19.4. The van der Waals surface area contributed by atoms with E-state index < -0.39 is 0 Å². The lowest BCUT2D eigenvalue weighted by Crippen LogP contribution is -2.05. The molecule has 2 heteroatoms. The van der Waals surface area contributed by atoms with Crippen LogP contribution in [0.4, 0.5) is 5.69 Å². The molecule has 0 atom stereocenters. The normalized spacial score (nSPS) is 12.5. The molecule has 2 nitrogen and oxygen atoms in total. The van der Waals surface area contributed by atoms with E-state index in [0.29, 0.717) is 11.3 Å². The second-order valence-corrected chi connectivity index (χ2v) is 5.23. The summed E-state index contributed by atoms with van der Waals surface area (Å²) in [6.07, 6.45) is 1.96. The Morgan fingerprint density at radius 1 is 0.857 bits per heavy atom. The second kappa shape index (κ2) is 4.32. The van der Waals surface area contributed by atoms with Crippen LogP contribution in [-0.2, 0) is 0 Å². The Morgan fingerprint density at radius 2 is 1.62 bits per heavy atom. The Labute approximate surface area is 122 Å². The van der Waals surface area contributed by atoms with Crippen LogP contribution >= 0.6 is 0 Å². The van der Waals surface area contributed by atoms with Crippen LogP contribution in [0.2, 0.25) is 0 Å². The summed E-state index contributed by atoms with van der Waals surface area (Å²) >= 11 is 0. The van der Waals surface area contributed by atoms with E-state index >= 15 is 0 Å². The van der Waals surface area contributed by atoms with Gasteiger partial charge in [0.05, 0.1) is 0 Å². The molecule has 0 amide bonds. The van der Waals surface area contributed by atoms with Gasteiger partial charge in [-0.05, 0) is 40.1 Å². The lowest BCUT2D eigenvalue weighted by Gasteiger charge is -2.07. The molecular formula is C19H13NO. The minimum absolute atomic E-state index is 0.0169. The third-order valence-electron chi connectivity index (χ3n) is 3.98. The maximum absolute atomic E-state index is 12.8. The molecule has 0 unspecified atom stereocenters. The fourth-order valence-corrected chi connectivity index (χ4v) is 2.98. The number of Topliss-reactive ketones (excluding diaryl/α,β-unsaturated/α-hetero) is 1. The Morgan fingerprint density at radius 3 is 2.43 bits per heavy atom. The summed E-state index contributed by atoms with van der Waals surface area (Å²) in [5, 5.41) is 2.31. The molecule has 1 aliphatic carbocycles. The number of hydrogen-bond donors (Lipinski definition) is 1. The summed E-state index contributed by atoms with van der Waals surface area (Å²) in [6.45, 7) is 0. The lowest BCUT2D eigenvalue weighted by atomic mass is 9.96. The van der Waals surface area contributed by atoms with Crippen LogP contribution in [0.25, 0.3) is 22.4 Å². The summed E-state index contributed by atoms with van der Waals surface area (Å²) < 4.78 is 0. The first kappa shape index (κ1) is 11.9. The number of hydrogen-bond acceptors (Lipinski definition) is 2. The van der Waals surface area contributed by atoms with Crippen LogP contribution < -0.4 is 5.73 Å². The maximum Gasteiger partial charge on any atom is 0.195 e. The average Bonchev–Trinajstić information content (AvgIpc) is 2.89. The van der Waals surface area contributed by atoms with Crippen LogP contribution in [-0.4, -0.2) is 5.78 Å². The average molecular weight is 271 g/mol. The van der Waals surface area contributed by atoms with Gasteiger partial charge < -0.3 is 5.73 Å². The van der Waals surface area contributed by atoms with E-state index in [0.717, 1.165) is 27.5 Å². The highest BCUT2D eigenvalue weighted by molar-refractivity contribution is 6.38. The zero-order valence-corrected chi connectivity index (χ0v) is 11.3. The molecule has 0 bridgehead atoms. The third kappa shape index (κ3) is 1.69. The molecular weight excluding hydrogens is 258 g/mol. The van der Waals surface area contributed by atoms with E-state index in [1.165, 1.54) is 0 Å². The topological polar surface area (TPSA) is 43.1 Å². The molecule has 0 fully saturated rings. The van der Waals surface area contributed by atoms with Gasteiger partial charge in [-0.15, -0.1) is 0 Å². The fraction of sp³-hybridized carbons (Fsp3) is 0. The number of nitrogens with two attached hydrogens (primary N) is 1. The Hall–Kier alpha value is -2.87. The highest BCUT2D eigenvalue weighted by Crippen LogP contribution is 2.38. The summed E-state index contributed by atoms with van der Waals surface area (Å²) in [5.74, 6) is -0.0169. The number of rotatable bonds is 2. The van der Waals surface area contributed by atoms with Crippen molar-refractivity contribution in [3.8, 4) is 0 Å². The maximum atomic E-state index is 12.8. The Balaban J connectivity index is 1.92. The Bertz CT molecular complexity index is 917. The van der Waals surface area contributed by atoms with Gasteiger partial charge in [0.15, 0.2) is 5.78 Å². The second-order valence-electron chi connectivity index (χ2n) is 5.23. The van der Waals surface area contributed by atoms with E-state index in [1.54, 1.807) is 12.1 Å². The number of para-hydroxylation sites is 1. The highest BCUT2D eigenvalue weighted by atomic mass is 16.1. The van der Waals surface area contributed by atoms with Gasteiger partial charge in [-0.25, -0.2) is 0 Å². The number of ketones is 1. The third-order valence-corrected chi connectivity index (χ3v) is 3.98. The predicted molar refractivity (Wildman–Crippen MR) is 87.0 cm³/mol. The Kier molecular flexibility index (Phi) is 2.45. The molecule has 100 valence electrons. The van der Waals surface area contributed by atoms with Gasteiger partial charge in [-0.1, -0.05) is 48.5 Å². The molecule has 0 saturated heterocycles. The molecule has 4 rings (SSSR count). The van der Waals surface area contributed by atoms with Crippen molar-refractivity contribution in [3.05, 3.63) is 77.4 Å². The van der Waals surface area contributed by atoms with Crippen LogP contribution in [0, 0.1) is 0 Å². The minimum atomic E-state index is -0.0169. The first-order valence-electron chi connectivity index (χ1n) is 6.89. The first-order valence-corrected chi connectivity index (χ1v) is 6.89. The van der Waals surface area contributed by atoms with Crippen molar-refractivity contribution in [3.63, 3.8) is 0 Å². The summed E-state index contributed by atoms with van der Waals surface area (Å²) in [4.78, 5) is 12.8. The van der Waals surface area contributed by atoms with Crippen LogP contribution in [0.1, 0.15) is 21.5 Å². The van der Waals surface area contributed by atoms with Gasteiger partial charge in [-0.3, -0.25) is 4.79 Å². The van der Waals surface area contributed by atoms with Crippen molar-refractivity contribution in [1.82, 2.24) is 0 Å². The van der Waals surface area contributed by atoms with Gasteiger partial charge in [-0.2, -0.15) is 0 Å². The first-order chi connectivity index (χ1) is 10.3. The molecule has 2 N–H and O–H groups in total. The number of nitrogen functional groups attached to an aromatic ring is 1. The largest absolute Gasteiger partial charge is 0.398 e. The number of allylic oxidation sites excluding steroid dienone is 1. The van der Waals surface area contributed by atoms with Crippen LogP contribution in [0.15, 0.2) is 60.7 Å². The molecule has 0 aliphatic heterocycles. The molecule has 21 heavy (non-hydrogen) atoms. The van der Waals surface area contributed by atoms with Crippen LogP contribution in [0.3, 0.4) is 0 Å². The van der Waals surface area contributed by atoms with Crippen molar-refractivity contribution < 1.29 is 4.79 Å². The minimum Gasteiger partial charge on any atom is -0.398 e. The molecule has 0 spiro atoms. The smallest absolute Gasteiger partial charge is 0.195 e. The number of carbonyl (C=O) groups is 1. The zero-order valence-electron chi connectivity index (χ0n) is 11.3. The van der Waals surface area contributed by atoms with Gasteiger partial charge in [0.1, 0.15) is 0 Å². The molecule has 0 aromatic heterocycles. The van der Waals surface area contributed by atoms with Crippen molar-refractivity contribution in [1.29, 1.82) is 0 Å². The van der Waals surface area contributed by atoms with E-state index in [-0.39, 0.29) is 5.78 Å². The SMILES string of the molecule is Nc1ccccc1C(=O)C1=Cc2cccc3cccc1c23. The van der Waals surface area contributed by atoms with Gasteiger partial charge in [0, 0.05) is 16.8 Å². The standard InChI is InChI=1S/C19H13NO/c20-17-10-2-1-8-15(17)19(21)16-11-13-7-3-5-12-6-4-9-14(16)18(12)13/h1-11H,20H2. The lowest BCUT2D eigenvalue weighted by molar-refractivity contribution is 0.105. The van der Waals surface area contributed by atoms with E-state index in [4.69, 9.17) is 5.73 Å². The molecule has 0 radical (unpaired) electrons. The molecule has 3 aromatic carbocycles. The zero-order chi connectivity index (χ0) is 14.4. The quantitative estimate of drug-likeness (QED) is 0.562. The van der Waals surface area contributed by atoms with E-state index in [2.05, 4.69) is 12.1 Å².